The molecule has 0 radical (unpaired) electrons. The molecule has 1 aliphatic heterocycles. The van der Waals surface area contributed by atoms with E-state index in [1.165, 1.54) is 25.7 Å². The van der Waals surface area contributed by atoms with Crippen LogP contribution in [0.2, 0.25) is 0 Å². The van der Waals surface area contributed by atoms with Crippen LogP contribution in [0.3, 0.4) is 0 Å². The van der Waals surface area contributed by atoms with Crippen LogP contribution >= 0.6 is 0 Å². The van der Waals surface area contributed by atoms with Crippen molar-refractivity contribution in [3.05, 3.63) is 35.9 Å². The van der Waals surface area contributed by atoms with Crippen molar-refractivity contribution in [3.8, 4) is 5.75 Å². The van der Waals surface area contributed by atoms with Gasteiger partial charge >= 0.3 is 0 Å². The second kappa shape index (κ2) is 15.5. The summed E-state index contributed by atoms with van der Waals surface area (Å²) in [6.45, 7) is 11.5. The fourth-order valence-electron chi connectivity index (χ4n) is 3.73. The molecule has 184 valence electrons. The molecule has 1 atom stereocenters. The Bertz CT molecular complexity index is 725. The van der Waals surface area contributed by atoms with Gasteiger partial charge in [0.05, 0.1) is 6.61 Å². The number of carbonyl (C=O) groups is 2. The Kier molecular flexibility index (Phi) is 12.6. The molecule has 0 spiro atoms. The van der Waals surface area contributed by atoms with Crippen LogP contribution in [0.25, 0.3) is 6.08 Å². The highest BCUT2D eigenvalue weighted by Crippen LogP contribution is 2.14. The monoisotopic (exact) mass is 457 g/mol. The third-order valence-electron chi connectivity index (χ3n) is 6.29. The molecule has 1 aromatic rings. The first-order chi connectivity index (χ1) is 16.0. The maximum absolute atomic E-state index is 12.5. The molecule has 33 heavy (non-hydrogen) atoms. The molecule has 1 fully saturated rings. The van der Waals surface area contributed by atoms with Crippen LogP contribution in [-0.4, -0.2) is 67.5 Å². The summed E-state index contributed by atoms with van der Waals surface area (Å²) in [5, 5.41) is 3.00. The zero-order valence-electron chi connectivity index (χ0n) is 20.9. The van der Waals surface area contributed by atoms with Gasteiger partial charge in [-0.1, -0.05) is 58.6 Å². The van der Waals surface area contributed by atoms with Gasteiger partial charge in [-0.15, -0.1) is 0 Å². The maximum atomic E-state index is 12.5. The van der Waals surface area contributed by atoms with Gasteiger partial charge in [-0.25, -0.2) is 0 Å². The smallest absolute Gasteiger partial charge is 0.246 e. The van der Waals surface area contributed by atoms with Crippen LogP contribution in [0.15, 0.2) is 30.3 Å². The second-order valence-electron chi connectivity index (χ2n) is 8.93. The number of hydrogen-bond donors (Lipinski definition) is 1. The molecule has 1 aliphatic rings. The van der Waals surface area contributed by atoms with E-state index in [0.29, 0.717) is 19.6 Å². The highest BCUT2D eigenvalue weighted by Gasteiger charge is 2.19. The Morgan fingerprint density at radius 1 is 1.03 bits per heavy atom. The molecule has 1 saturated heterocycles. The first-order valence-corrected chi connectivity index (χ1v) is 12.7. The fraction of sp³-hybridized carbons (Fsp3) is 0.630. The lowest BCUT2D eigenvalue weighted by molar-refractivity contribution is -0.127. The largest absolute Gasteiger partial charge is 0.494 e. The molecule has 0 aromatic heterocycles. The van der Waals surface area contributed by atoms with Crippen LogP contribution < -0.4 is 10.1 Å². The summed E-state index contributed by atoms with van der Waals surface area (Å²) in [6.07, 6.45) is 10.5. The number of ether oxygens (including phenoxy) is 1. The van der Waals surface area contributed by atoms with Gasteiger partial charge < -0.3 is 15.0 Å². The van der Waals surface area contributed by atoms with Crippen LogP contribution in [-0.2, 0) is 9.59 Å². The highest BCUT2D eigenvalue weighted by atomic mass is 16.5. The van der Waals surface area contributed by atoms with Crippen LogP contribution in [0.5, 0.6) is 5.75 Å². The number of carbonyl (C=O) groups excluding carboxylic acids is 2. The standard InChI is InChI=1S/C27H43N3O3/c1-4-6-7-8-9-22-33-25-13-10-24(11-14-25)12-15-26(31)30-20-18-29(19-21-30)17-16-28-27(32)23(3)5-2/h10-15,23H,4-9,16-22H2,1-3H3,(H,28,32)/b15-12+. The number of nitrogens with one attached hydrogen (secondary N) is 1. The minimum atomic E-state index is 0.0483. The van der Waals surface area contributed by atoms with Gasteiger partial charge in [0, 0.05) is 51.3 Å². The second-order valence-corrected chi connectivity index (χ2v) is 8.93. The van der Waals surface area contributed by atoms with Crippen LogP contribution in [0.1, 0.15) is 64.9 Å². The predicted octanol–water partition coefficient (Wildman–Crippen LogP) is 4.36. The summed E-state index contributed by atoms with van der Waals surface area (Å²) in [5.74, 6) is 1.12. The first kappa shape index (κ1) is 26.9. The molecule has 0 saturated carbocycles. The van der Waals surface area contributed by atoms with Gasteiger partial charge in [0.1, 0.15) is 5.75 Å². The lowest BCUT2D eigenvalue weighted by atomic mass is 10.1. The van der Waals surface area contributed by atoms with Crippen molar-refractivity contribution in [2.75, 3.05) is 45.9 Å². The van der Waals surface area contributed by atoms with E-state index in [1.54, 1.807) is 6.08 Å². The molecule has 1 N–H and O–H groups in total. The Morgan fingerprint density at radius 2 is 1.73 bits per heavy atom. The normalized spacial score (nSPS) is 15.5. The third kappa shape index (κ3) is 10.4. The summed E-state index contributed by atoms with van der Waals surface area (Å²) in [5.41, 5.74) is 0.995. The lowest BCUT2D eigenvalue weighted by Gasteiger charge is -2.34. The van der Waals surface area contributed by atoms with Gasteiger partial charge in [-0.2, -0.15) is 0 Å². The van der Waals surface area contributed by atoms with E-state index in [1.807, 2.05) is 49.1 Å². The summed E-state index contributed by atoms with van der Waals surface area (Å²) >= 11 is 0. The third-order valence-corrected chi connectivity index (χ3v) is 6.29. The van der Waals surface area contributed by atoms with E-state index in [9.17, 15) is 9.59 Å². The number of benzene rings is 1. The SMILES string of the molecule is CCCCCCCOc1ccc(/C=C/C(=O)N2CCN(CCNC(=O)C(C)CC)CC2)cc1. The average Bonchev–Trinajstić information content (AvgIpc) is 2.85. The van der Waals surface area contributed by atoms with Crippen molar-refractivity contribution < 1.29 is 14.3 Å². The minimum Gasteiger partial charge on any atom is -0.494 e. The fourth-order valence-corrected chi connectivity index (χ4v) is 3.73. The van der Waals surface area contributed by atoms with Crippen molar-refractivity contribution in [1.29, 1.82) is 0 Å². The minimum absolute atomic E-state index is 0.0483. The maximum Gasteiger partial charge on any atom is 0.246 e. The topological polar surface area (TPSA) is 61.9 Å². The van der Waals surface area contributed by atoms with Gasteiger partial charge in [0.15, 0.2) is 0 Å². The number of unbranched alkanes of at least 4 members (excludes halogenated alkanes) is 4. The van der Waals surface area contributed by atoms with Gasteiger partial charge in [-0.05, 0) is 36.6 Å². The quantitative estimate of drug-likeness (QED) is 0.333. The van der Waals surface area contributed by atoms with Crippen LogP contribution in [0, 0.1) is 5.92 Å². The zero-order chi connectivity index (χ0) is 23.9. The first-order valence-electron chi connectivity index (χ1n) is 12.7. The van der Waals surface area contributed by atoms with Gasteiger partial charge in [-0.3, -0.25) is 14.5 Å². The number of piperazine rings is 1. The van der Waals surface area contributed by atoms with E-state index in [0.717, 1.165) is 50.4 Å². The molecule has 6 heteroatoms. The van der Waals surface area contributed by atoms with Crippen molar-refractivity contribution in [1.82, 2.24) is 15.1 Å². The number of amides is 2. The summed E-state index contributed by atoms with van der Waals surface area (Å²) in [7, 11) is 0. The molecule has 1 unspecified atom stereocenters. The number of hydrogen-bond acceptors (Lipinski definition) is 4. The molecular weight excluding hydrogens is 414 g/mol. The number of nitrogens with zero attached hydrogens (tertiary/aromatic N) is 2. The van der Waals surface area contributed by atoms with E-state index < -0.39 is 0 Å². The predicted molar refractivity (Wildman–Crippen MR) is 135 cm³/mol. The van der Waals surface area contributed by atoms with E-state index in [-0.39, 0.29) is 17.7 Å². The Balaban J connectivity index is 1.64. The van der Waals surface area contributed by atoms with Gasteiger partial charge in [0.2, 0.25) is 11.8 Å². The van der Waals surface area contributed by atoms with Crippen molar-refractivity contribution in [2.45, 2.75) is 59.3 Å². The van der Waals surface area contributed by atoms with Crippen molar-refractivity contribution in [2.24, 2.45) is 5.92 Å². The Morgan fingerprint density at radius 3 is 2.39 bits per heavy atom. The molecule has 1 heterocycles. The molecule has 6 nitrogen and oxygen atoms in total. The molecule has 2 amide bonds. The van der Waals surface area contributed by atoms with E-state index in [2.05, 4.69) is 17.1 Å². The summed E-state index contributed by atoms with van der Waals surface area (Å²) in [4.78, 5) is 28.6. The lowest BCUT2D eigenvalue weighted by Crippen LogP contribution is -2.50. The molecule has 1 aromatic carbocycles. The van der Waals surface area contributed by atoms with Crippen molar-refractivity contribution >= 4 is 17.9 Å². The molecule has 2 rings (SSSR count). The Labute approximate surface area is 200 Å². The summed E-state index contributed by atoms with van der Waals surface area (Å²) < 4.78 is 5.80. The summed E-state index contributed by atoms with van der Waals surface area (Å²) in [6, 6.07) is 7.91. The molecule has 0 bridgehead atoms. The Hall–Kier alpha value is -2.34. The average molecular weight is 458 g/mol. The van der Waals surface area contributed by atoms with E-state index >= 15 is 0 Å². The van der Waals surface area contributed by atoms with Gasteiger partial charge in [0.25, 0.3) is 0 Å². The highest BCUT2D eigenvalue weighted by molar-refractivity contribution is 5.91. The molecule has 0 aliphatic carbocycles. The van der Waals surface area contributed by atoms with Crippen molar-refractivity contribution in [3.63, 3.8) is 0 Å². The van der Waals surface area contributed by atoms with E-state index in [4.69, 9.17) is 4.74 Å². The number of rotatable bonds is 14. The zero-order valence-corrected chi connectivity index (χ0v) is 20.9. The molecular formula is C27H43N3O3. The van der Waals surface area contributed by atoms with Crippen LogP contribution in [0.4, 0.5) is 0 Å².